The number of hydrogen-bond donors (Lipinski definition) is 2. The molecule has 15 heavy (non-hydrogen) atoms. The second-order valence-electron chi connectivity index (χ2n) is 3.53. The summed E-state index contributed by atoms with van der Waals surface area (Å²) in [5.74, 6) is -1.29. The van der Waals surface area contributed by atoms with Crippen molar-refractivity contribution in [2.24, 2.45) is 4.99 Å². The van der Waals surface area contributed by atoms with Crippen molar-refractivity contribution in [2.75, 3.05) is 0 Å². The van der Waals surface area contributed by atoms with E-state index < -0.39 is 15.8 Å². The smallest absolute Gasteiger partial charge is 0.353 e. The van der Waals surface area contributed by atoms with E-state index in [0.29, 0.717) is 5.41 Å². The van der Waals surface area contributed by atoms with Crippen molar-refractivity contribution in [2.45, 2.75) is 25.3 Å². The lowest BCUT2D eigenvalue weighted by Gasteiger charge is -2.21. The van der Waals surface area contributed by atoms with E-state index in [1.54, 1.807) is 0 Å². The number of carbonyl (C=O) groups is 1. The Bertz CT molecular complexity index is 459. The van der Waals surface area contributed by atoms with Gasteiger partial charge in [-0.15, -0.1) is 0 Å². The van der Waals surface area contributed by atoms with E-state index >= 15 is 0 Å². The van der Waals surface area contributed by atoms with E-state index in [-0.39, 0.29) is 16.9 Å². The number of nitrogens with one attached hydrogen (secondary N) is 1. The normalized spacial score (nSPS) is 26.9. The molecule has 1 aliphatic heterocycles. The average Bonchev–Trinajstić information content (AvgIpc) is 2.34. The van der Waals surface area contributed by atoms with Crippen LogP contribution in [-0.4, -0.2) is 30.7 Å². The summed E-state index contributed by atoms with van der Waals surface area (Å²) < 4.78 is 22.8. The molecule has 1 fully saturated rings. The maximum absolute atomic E-state index is 11.4. The third-order valence-electron chi connectivity index (χ3n) is 2.39. The average molecular weight is 230 g/mol. The molecule has 82 valence electrons. The summed E-state index contributed by atoms with van der Waals surface area (Å²) in [4.78, 5) is 14.5. The standard InChI is InChI=1S/C8H10N2O4S/c11-7(12)6-4-15(13,14)8(10-6)9-5-2-1-3-5/h4-5H,1-3H2,(H,9,10)(H,11,12). The predicted molar refractivity (Wildman–Crippen MR) is 52.8 cm³/mol. The van der Waals surface area contributed by atoms with Crippen LogP contribution in [0.5, 0.6) is 0 Å². The third-order valence-corrected chi connectivity index (χ3v) is 3.68. The first-order valence-electron chi connectivity index (χ1n) is 4.54. The second kappa shape index (κ2) is 3.34. The van der Waals surface area contributed by atoms with Crippen LogP contribution < -0.4 is 5.32 Å². The zero-order valence-electron chi connectivity index (χ0n) is 7.80. The Morgan fingerprint density at radius 2 is 2.20 bits per heavy atom. The van der Waals surface area contributed by atoms with Gasteiger partial charge in [-0.3, -0.25) is 4.99 Å². The molecule has 0 bridgehead atoms. The van der Waals surface area contributed by atoms with Crippen molar-refractivity contribution in [3.05, 3.63) is 11.1 Å². The molecule has 0 aromatic rings. The van der Waals surface area contributed by atoms with Crippen LogP contribution in [0.3, 0.4) is 0 Å². The highest BCUT2D eigenvalue weighted by Crippen LogP contribution is 2.23. The van der Waals surface area contributed by atoms with Gasteiger partial charge in [-0.1, -0.05) is 0 Å². The zero-order chi connectivity index (χ0) is 11.1. The van der Waals surface area contributed by atoms with Crippen molar-refractivity contribution < 1.29 is 18.3 Å². The summed E-state index contributed by atoms with van der Waals surface area (Å²) in [6.07, 6.45) is 2.77. The van der Waals surface area contributed by atoms with E-state index in [4.69, 9.17) is 5.11 Å². The van der Waals surface area contributed by atoms with Gasteiger partial charge in [0.05, 0.1) is 11.4 Å². The third kappa shape index (κ3) is 1.87. The van der Waals surface area contributed by atoms with E-state index in [2.05, 4.69) is 10.3 Å². The summed E-state index contributed by atoms with van der Waals surface area (Å²) in [7, 11) is -3.66. The van der Waals surface area contributed by atoms with Gasteiger partial charge in [0.2, 0.25) is 15.0 Å². The molecule has 2 aliphatic rings. The highest BCUT2D eigenvalue weighted by Gasteiger charge is 2.31. The van der Waals surface area contributed by atoms with Gasteiger partial charge in [0.15, 0.2) is 0 Å². The molecule has 1 heterocycles. The minimum absolute atomic E-state index is 0.0174. The van der Waals surface area contributed by atoms with Crippen LogP contribution >= 0.6 is 0 Å². The molecule has 2 rings (SSSR count). The maximum Gasteiger partial charge on any atom is 0.353 e. The molecule has 0 saturated heterocycles. The number of aliphatic carboxylic acids is 1. The monoisotopic (exact) mass is 230 g/mol. The summed E-state index contributed by atoms with van der Waals surface area (Å²) in [6, 6.07) is 0.0174. The van der Waals surface area contributed by atoms with Crippen LogP contribution in [0, 0.1) is 0 Å². The Balaban J connectivity index is 2.25. The molecule has 2 N–H and O–H groups in total. The Kier molecular flexibility index (Phi) is 2.26. The van der Waals surface area contributed by atoms with Gasteiger partial charge in [0.1, 0.15) is 5.70 Å². The second-order valence-corrected chi connectivity index (χ2v) is 5.24. The molecule has 7 heteroatoms. The number of amidine groups is 1. The number of hydrogen-bond acceptors (Lipinski definition) is 4. The zero-order valence-corrected chi connectivity index (χ0v) is 8.62. The molecule has 0 spiro atoms. The van der Waals surface area contributed by atoms with Crippen LogP contribution in [0.25, 0.3) is 0 Å². The fourth-order valence-corrected chi connectivity index (χ4v) is 2.45. The number of aliphatic imine (C=N–C) groups is 1. The number of rotatable bonds is 2. The van der Waals surface area contributed by atoms with E-state index in [0.717, 1.165) is 19.3 Å². The quantitative estimate of drug-likeness (QED) is 0.687. The topological polar surface area (TPSA) is 95.8 Å². The first kappa shape index (κ1) is 10.2. The fraction of sp³-hybridized carbons (Fsp3) is 0.500. The van der Waals surface area contributed by atoms with Gasteiger partial charge in [-0.05, 0) is 19.3 Å². The highest BCUT2D eigenvalue weighted by atomic mass is 32.2. The fourth-order valence-electron chi connectivity index (χ4n) is 1.32. The lowest BCUT2D eigenvalue weighted by Crippen LogP contribution is -2.28. The van der Waals surface area contributed by atoms with Crippen molar-refractivity contribution >= 4 is 21.0 Å². The molecular weight excluding hydrogens is 220 g/mol. The Morgan fingerprint density at radius 3 is 2.60 bits per heavy atom. The number of sulfone groups is 1. The van der Waals surface area contributed by atoms with Crippen molar-refractivity contribution in [3.8, 4) is 0 Å². The molecule has 1 saturated carbocycles. The molecule has 0 aromatic heterocycles. The summed E-state index contributed by atoms with van der Waals surface area (Å²) in [5.41, 5.74) is -0.340. The Morgan fingerprint density at radius 1 is 1.53 bits per heavy atom. The van der Waals surface area contributed by atoms with Crippen LogP contribution in [0.2, 0.25) is 0 Å². The first-order chi connectivity index (χ1) is 6.99. The minimum atomic E-state index is -3.66. The van der Waals surface area contributed by atoms with Gasteiger partial charge in [-0.2, -0.15) is 0 Å². The summed E-state index contributed by atoms with van der Waals surface area (Å²) in [6.45, 7) is 0. The molecule has 0 atom stereocenters. The first-order valence-corrected chi connectivity index (χ1v) is 6.08. The molecule has 0 unspecified atom stereocenters. The van der Waals surface area contributed by atoms with E-state index in [9.17, 15) is 13.2 Å². The largest absolute Gasteiger partial charge is 0.477 e. The predicted octanol–water partition coefficient (Wildman–Crippen LogP) is -0.161. The summed E-state index contributed by atoms with van der Waals surface area (Å²) >= 11 is 0. The van der Waals surface area contributed by atoms with E-state index in [1.165, 1.54) is 0 Å². The van der Waals surface area contributed by atoms with Gasteiger partial charge >= 0.3 is 5.97 Å². The molecule has 0 aromatic carbocycles. The molecule has 6 nitrogen and oxygen atoms in total. The maximum atomic E-state index is 11.4. The molecule has 0 amide bonds. The van der Waals surface area contributed by atoms with Crippen molar-refractivity contribution in [3.63, 3.8) is 0 Å². The van der Waals surface area contributed by atoms with Gasteiger partial charge in [0.25, 0.3) is 0 Å². The Hall–Kier alpha value is -1.37. The molecule has 0 radical (unpaired) electrons. The minimum Gasteiger partial charge on any atom is -0.477 e. The van der Waals surface area contributed by atoms with Gasteiger partial charge < -0.3 is 10.4 Å². The van der Waals surface area contributed by atoms with E-state index in [1.807, 2.05) is 0 Å². The van der Waals surface area contributed by atoms with Crippen LogP contribution in [0.4, 0.5) is 0 Å². The summed E-state index contributed by atoms with van der Waals surface area (Å²) in [5, 5.41) is 11.4. The number of nitrogens with zero attached hydrogens (tertiary/aromatic N) is 1. The lowest BCUT2D eigenvalue weighted by atomic mass is 9.94. The Labute approximate surface area is 86.6 Å². The highest BCUT2D eigenvalue weighted by molar-refractivity contribution is 8.09. The van der Waals surface area contributed by atoms with Crippen LogP contribution in [0.1, 0.15) is 19.3 Å². The van der Waals surface area contributed by atoms with Crippen LogP contribution in [-0.2, 0) is 14.6 Å². The lowest BCUT2D eigenvalue weighted by molar-refractivity contribution is -0.132. The van der Waals surface area contributed by atoms with Gasteiger partial charge in [-0.25, -0.2) is 13.2 Å². The van der Waals surface area contributed by atoms with Gasteiger partial charge in [0, 0.05) is 0 Å². The molecule has 1 aliphatic carbocycles. The SMILES string of the molecule is O=C(O)C1=CS(=O)(=O)C(=NC2CCC2)N1. The number of carboxylic acids is 1. The van der Waals surface area contributed by atoms with Crippen molar-refractivity contribution in [1.29, 1.82) is 0 Å². The van der Waals surface area contributed by atoms with Crippen molar-refractivity contribution in [1.82, 2.24) is 5.32 Å². The molecular formula is C8H10N2O4S. The number of carboxylic acid groups (broad SMARTS) is 1. The van der Waals surface area contributed by atoms with Crippen LogP contribution in [0.15, 0.2) is 16.1 Å².